The Labute approximate surface area is 109 Å². The first-order valence-corrected chi connectivity index (χ1v) is 6.56. The van der Waals surface area contributed by atoms with Gasteiger partial charge in [-0.25, -0.2) is 0 Å². The van der Waals surface area contributed by atoms with E-state index in [0.29, 0.717) is 6.54 Å². The summed E-state index contributed by atoms with van der Waals surface area (Å²) in [6.07, 6.45) is 0.964. The average molecular weight is 252 g/mol. The Morgan fingerprint density at radius 1 is 1.50 bits per heavy atom. The van der Waals surface area contributed by atoms with Crippen LogP contribution in [-0.4, -0.2) is 34.8 Å². The van der Waals surface area contributed by atoms with E-state index in [2.05, 4.69) is 28.7 Å². The fourth-order valence-electron chi connectivity index (χ4n) is 1.87. The fourth-order valence-corrected chi connectivity index (χ4v) is 1.87. The van der Waals surface area contributed by atoms with Crippen LogP contribution in [0.1, 0.15) is 31.7 Å². The molecule has 1 rings (SSSR count). The van der Waals surface area contributed by atoms with Crippen molar-refractivity contribution >= 4 is 5.91 Å². The number of nitrogens with zero attached hydrogens (tertiary/aromatic N) is 2. The SMILES string of the molecule is CCNC(=O)C(C)NCCCn1nc(C)cc1C. The van der Waals surface area contributed by atoms with E-state index in [9.17, 15) is 4.79 Å². The molecular formula is C13H24N4O. The summed E-state index contributed by atoms with van der Waals surface area (Å²) in [7, 11) is 0. The number of likely N-dealkylation sites (N-methyl/N-ethyl adjacent to an activating group) is 1. The fraction of sp³-hybridized carbons (Fsp3) is 0.692. The summed E-state index contributed by atoms with van der Waals surface area (Å²) in [6.45, 7) is 10.2. The molecule has 0 radical (unpaired) electrons. The number of aromatic nitrogens is 2. The molecule has 1 aromatic rings. The van der Waals surface area contributed by atoms with Crippen molar-refractivity contribution in [1.29, 1.82) is 0 Å². The van der Waals surface area contributed by atoms with E-state index in [1.165, 1.54) is 5.69 Å². The summed E-state index contributed by atoms with van der Waals surface area (Å²) in [5.41, 5.74) is 2.24. The van der Waals surface area contributed by atoms with Gasteiger partial charge in [0, 0.05) is 18.8 Å². The Morgan fingerprint density at radius 3 is 2.78 bits per heavy atom. The van der Waals surface area contributed by atoms with Gasteiger partial charge in [0.2, 0.25) is 5.91 Å². The van der Waals surface area contributed by atoms with Crippen LogP contribution in [0.2, 0.25) is 0 Å². The van der Waals surface area contributed by atoms with Crippen LogP contribution in [0.3, 0.4) is 0 Å². The van der Waals surface area contributed by atoms with Crippen molar-refractivity contribution in [3.8, 4) is 0 Å². The maximum Gasteiger partial charge on any atom is 0.236 e. The highest BCUT2D eigenvalue weighted by atomic mass is 16.2. The minimum absolute atomic E-state index is 0.0589. The Kier molecular flexibility index (Phi) is 5.85. The zero-order chi connectivity index (χ0) is 13.5. The summed E-state index contributed by atoms with van der Waals surface area (Å²) in [4.78, 5) is 11.5. The summed E-state index contributed by atoms with van der Waals surface area (Å²) < 4.78 is 2.01. The first-order valence-electron chi connectivity index (χ1n) is 6.56. The van der Waals surface area contributed by atoms with Crippen molar-refractivity contribution < 1.29 is 4.79 Å². The third-order valence-corrected chi connectivity index (χ3v) is 2.84. The molecule has 102 valence electrons. The van der Waals surface area contributed by atoms with Crippen LogP contribution in [0.25, 0.3) is 0 Å². The van der Waals surface area contributed by atoms with Crippen molar-refractivity contribution in [2.45, 2.75) is 46.7 Å². The second-order valence-corrected chi connectivity index (χ2v) is 4.57. The van der Waals surface area contributed by atoms with Gasteiger partial charge in [-0.1, -0.05) is 0 Å². The smallest absolute Gasteiger partial charge is 0.236 e. The highest BCUT2D eigenvalue weighted by Crippen LogP contribution is 2.02. The molecule has 0 aliphatic carbocycles. The highest BCUT2D eigenvalue weighted by molar-refractivity contribution is 5.81. The van der Waals surface area contributed by atoms with Gasteiger partial charge in [0.05, 0.1) is 11.7 Å². The molecular weight excluding hydrogens is 228 g/mol. The van der Waals surface area contributed by atoms with Gasteiger partial charge in [-0.15, -0.1) is 0 Å². The lowest BCUT2D eigenvalue weighted by Gasteiger charge is -2.13. The molecule has 0 fully saturated rings. The Hall–Kier alpha value is -1.36. The van der Waals surface area contributed by atoms with Gasteiger partial charge in [0.25, 0.3) is 0 Å². The van der Waals surface area contributed by atoms with Gasteiger partial charge < -0.3 is 10.6 Å². The molecule has 0 aromatic carbocycles. The number of rotatable bonds is 7. The third-order valence-electron chi connectivity index (χ3n) is 2.84. The van der Waals surface area contributed by atoms with Crippen molar-refractivity contribution in [2.24, 2.45) is 0 Å². The van der Waals surface area contributed by atoms with Gasteiger partial charge in [-0.2, -0.15) is 5.10 Å². The van der Waals surface area contributed by atoms with Crippen molar-refractivity contribution in [1.82, 2.24) is 20.4 Å². The summed E-state index contributed by atoms with van der Waals surface area (Å²) >= 11 is 0. The largest absolute Gasteiger partial charge is 0.355 e. The van der Waals surface area contributed by atoms with Crippen LogP contribution in [0.5, 0.6) is 0 Å². The normalized spacial score (nSPS) is 12.4. The first kappa shape index (κ1) is 14.7. The maximum absolute atomic E-state index is 11.5. The topological polar surface area (TPSA) is 59.0 Å². The monoisotopic (exact) mass is 252 g/mol. The predicted molar refractivity (Wildman–Crippen MR) is 72.5 cm³/mol. The second-order valence-electron chi connectivity index (χ2n) is 4.57. The first-order chi connectivity index (χ1) is 8.54. The molecule has 1 amide bonds. The number of hydrogen-bond acceptors (Lipinski definition) is 3. The van der Waals surface area contributed by atoms with Gasteiger partial charge >= 0.3 is 0 Å². The number of aryl methyl sites for hydroxylation is 3. The Balaban J connectivity index is 2.22. The molecule has 0 spiro atoms. The van der Waals surface area contributed by atoms with Crippen molar-refractivity contribution in [2.75, 3.05) is 13.1 Å². The van der Waals surface area contributed by atoms with E-state index in [1.807, 2.05) is 25.5 Å². The predicted octanol–water partition coefficient (Wildman–Crippen LogP) is 1.00. The van der Waals surface area contributed by atoms with Crippen LogP contribution in [0, 0.1) is 13.8 Å². The molecule has 2 N–H and O–H groups in total. The number of carbonyl (C=O) groups is 1. The van der Waals surface area contributed by atoms with Gasteiger partial charge in [-0.05, 0) is 46.7 Å². The number of amides is 1. The number of carbonyl (C=O) groups excluding carboxylic acids is 1. The zero-order valence-corrected chi connectivity index (χ0v) is 11.8. The van der Waals surface area contributed by atoms with E-state index in [1.54, 1.807) is 0 Å². The molecule has 0 bridgehead atoms. The molecule has 0 saturated carbocycles. The van der Waals surface area contributed by atoms with Crippen LogP contribution in [0.15, 0.2) is 6.07 Å². The lowest BCUT2D eigenvalue weighted by atomic mass is 10.3. The maximum atomic E-state index is 11.5. The lowest BCUT2D eigenvalue weighted by Crippen LogP contribution is -2.42. The molecule has 1 atom stereocenters. The molecule has 1 aromatic heterocycles. The number of nitrogens with one attached hydrogen (secondary N) is 2. The molecule has 0 saturated heterocycles. The minimum atomic E-state index is -0.134. The van der Waals surface area contributed by atoms with Gasteiger partial charge in [0.15, 0.2) is 0 Å². The molecule has 1 heterocycles. The van der Waals surface area contributed by atoms with Crippen molar-refractivity contribution in [3.05, 3.63) is 17.5 Å². The highest BCUT2D eigenvalue weighted by Gasteiger charge is 2.09. The second kappa shape index (κ2) is 7.16. The molecule has 5 nitrogen and oxygen atoms in total. The van der Waals surface area contributed by atoms with Crippen LogP contribution >= 0.6 is 0 Å². The minimum Gasteiger partial charge on any atom is -0.355 e. The third kappa shape index (κ3) is 4.49. The number of hydrogen-bond donors (Lipinski definition) is 2. The molecule has 5 heteroatoms. The van der Waals surface area contributed by atoms with E-state index >= 15 is 0 Å². The lowest BCUT2D eigenvalue weighted by molar-refractivity contribution is -0.122. The molecule has 0 aliphatic rings. The summed E-state index contributed by atoms with van der Waals surface area (Å²) in [5.74, 6) is 0.0589. The Morgan fingerprint density at radius 2 is 2.22 bits per heavy atom. The van der Waals surface area contributed by atoms with Crippen LogP contribution in [-0.2, 0) is 11.3 Å². The van der Waals surface area contributed by atoms with Crippen LogP contribution < -0.4 is 10.6 Å². The zero-order valence-electron chi connectivity index (χ0n) is 11.8. The van der Waals surface area contributed by atoms with Crippen LogP contribution in [0.4, 0.5) is 0 Å². The Bertz CT molecular complexity index is 386. The summed E-state index contributed by atoms with van der Waals surface area (Å²) in [6, 6.07) is 1.94. The van der Waals surface area contributed by atoms with Crippen molar-refractivity contribution in [3.63, 3.8) is 0 Å². The summed E-state index contributed by atoms with van der Waals surface area (Å²) in [5, 5.41) is 10.4. The van der Waals surface area contributed by atoms with Gasteiger partial charge in [0.1, 0.15) is 0 Å². The van der Waals surface area contributed by atoms with E-state index in [-0.39, 0.29) is 11.9 Å². The van der Waals surface area contributed by atoms with E-state index in [4.69, 9.17) is 0 Å². The average Bonchev–Trinajstić information content (AvgIpc) is 2.63. The molecule has 1 unspecified atom stereocenters. The van der Waals surface area contributed by atoms with E-state index < -0.39 is 0 Å². The molecule has 18 heavy (non-hydrogen) atoms. The van der Waals surface area contributed by atoms with Gasteiger partial charge in [-0.3, -0.25) is 9.48 Å². The van der Waals surface area contributed by atoms with E-state index in [0.717, 1.165) is 25.2 Å². The quantitative estimate of drug-likeness (QED) is 0.712. The molecule has 0 aliphatic heterocycles. The standard InChI is InChI=1S/C13H24N4O/c1-5-14-13(18)12(4)15-7-6-8-17-11(3)9-10(2)16-17/h9,12,15H,5-8H2,1-4H3,(H,14,18).